The van der Waals surface area contributed by atoms with Crippen molar-refractivity contribution >= 4 is 27.3 Å². The molecule has 0 atom stereocenters. The summed E-state index contributed by atoms with van der Waals surface area (Å²) in [4.78, 5) is 14.5. The Morgan fingerprint density at radius 1 is 1.00 bits per heavy atom. The molecule has 0 aromatic heterocycles. The predicted octanol–water partition coefficient (Wildman–Crippen LogP) is 3.63. The summed E-state index contributed by atoms with van der Waals surface area (Å²) in [5.41, 5.74) is 2.21. The first-order valence-corrected chi connectivity index (χ1v) is 10.5. The van der Waals surface area contributed by atoms with Gasteiger partial charge in [0.15, 0.2) is 0 Å². The van der Waals surface area contributed by atoms with E-state index in [1.165, 1.54) is 4.31 Å². The zero-order valence-electron chi connectivity index (χ0n) is 15.7. The maximum absolute atomic E-state index is 12.9. The highest BCUT2D eigenvalue weighted by atomic mass is 32.2. The Balaban J connectivity index is 2.40. The van der Waals surface area contributed by atoms with E-state index in [4.69, 9.17) is 0 Å². The van der Waals surface area contributed by atoms with Gasteiger partial charge in [0, 0.05) is 12.2 Å². The molecule has 0 fully saturated rings. The Labute approximate surface area is 156 Å². The molecule has 0 heterocycles. The molecular formula is C20H26N2O3S. The third-order valence-corrected chi connectivity index (χ3v) is 5.32. The van der Waals surface area contributed by atoms with Crippen LogP contribution >= 0.6 is 0 Å². The van der Waals surface area contributed by atoms with Gasteiger partial charge in [-0.25, -0.2) is 8.42 Å². The average molecular weight is 375 g/mol. The summed E-state index contributed by atoms with van der Waals surface area (Å²) in [6, 6.07) is 16.6. The molecule has 5 nitrogen and oxygen atoms in total. The topological polar surface area (TPSA) is 57.7 Å². The van der Waals surface area contributed by atoms with Crippen LogP contribution in [0.3, 0.4) is 0 Å². The molecule has 0 saturated carbocycles. The number of nitrogens with zero attached hydrogens (tertiary/aromatic N) is 2. The lowest BCUT2D eigenvalue weighted by atomic mass is 10.0. The van der Waals surface area contributed by atoms with Gasteiger partial charge >= 0.3 is 0 Å². The lowest BCUT2D eigenvalue weighted by molar-refractivity contribution is -0.117. The maximum atomic E-state index is 12.9. The van der Waals surface area contributed by atoms with E-state index in [1.54, 1.807) is 17.0 Å². The first-order valence-electron chi connectivity index (χ1n) is 8.67. The van der Waals surface area contributed by atoms with E-state index in [1.807, 2.05) is 63.2 Å². The van der Waals surface area contributed by atoms with Crippen molar-refractivity contribution in [2.45, 2.75) is 26.7 Å². The molecule has 0 N–H and O–H groups in total. The SMILES string of the molecule is CCN(C(=O)CN(c1ccccc1C(C)C)S(C)(=O)=O)c1ccccc1. The van der Waals surface area contributed by atoms with Crippen LogP contribution in [0.1, 0.15) is 32.3 Å². The van der Waals surface area contributed by atoms with Gasteiger partial charge < -0.3 is 4.90 Å². The van der Waals surface area contributed by atoms with Crippen LogP contribution in [-0.4, -0.2) is 33.7 Å². The molecule has 6 heteroatoms. The van der Waals surface area contributed by atoms with Crippen LogP contribution in [-0.2, 0) is 14.8 Å². The van der Waals surface area contributed by atoms with Crippen LogP contribution < -0.4 is 9.21 Å². The number of para-hydroxylation sites is 2. The van der Waals surface area contributed by atoms with Gasteiger partial charge in [0.25, 0.3) is 0 Å². The number of anilines is 2. The number of carbonyl (C=O) groups excluding carboxylic acids is 1. The molecule has 2 aromatic carbocycles. The number of benzene rings is 2. The van der Waals surface area contributed by atoms with Crippen LogP contribution in [0, 0.1) is 0 Å². The summed E-state index contributed by atoms with van der Waals surface area (Å²) in [6.07, 6.45) is 1.14. The van der Waals surface area contributed by atoms with Gasteiger partial charge in [-0.05, 0) is 36.6 Å². The van der Waals surface area contributed by atoms with E-state index in [-0.39, 0.29) is 18.4 Å². The van der Waals surface area contributed by atoms with Crippen molar-refractivity contribution < 1.29 is 13.2 Å². The third-order valence-electron chi connectivity index (χ3n) is 4.19. The van der Waals surface area contributed by atoms with Crippen LogP contribution in [0.25, 0.3) is 0 Å². The minimum atomic E-state index is -3.61. The second-order valence-corrected chi connectivity index (χ2v) is 8.36. The molecule has 0 unspecified atom stereocenters. The average Bonchev–Trinajstić information content (AvgIpc) is 2.60. The monoisotopic (exact) mass is 374 g/mol. The second-order valence-electron chi connectivity index (χ2n) is 6.46. The van der Waals surface area contributed by atoms with Crippen molar-refractivity contribution in [1.82, 2.24) is 0 Å². The van der Waals surface area contributed by atoms with Crippen LogP contribution in [0.5, 0.6) is 0 Å². The summed E-state index contributed by atoms with van der Waals surface area (Å²) in [5.74, 6) is -0.121. The number of sulfonamides is 1. The first-order chi connectivity index (χ1) is 12.3. The molecule has 2 aromatic rings. The van der Waals surface area contributed by atoms with E-state index in [0.717, 1.165) is 17.5 Å². The Morgan fingerprint density at radius 2 is 1.58 bits per heavy atom. The van der Waals surface area contributed by atoms with Gasteiger partial charge in [0.1, 0.15) is 6.54 Å². The first kappa shape index (κ1) is 20.0. The van der Waals surface area contributed by atoms with Gasteiger partial charge in [-0.3, -0.25) is 9.10 Å². The number of carbonyl (C=O) groups is 1. The molecule has 140 valence electrons. The molecule has 0 aliphatic rings. The maximum Gasteiger partial charge on any atom is 0.247 e. The predicted molar refractivity (Wildman–Crippen MR) is 107 cm³/mol. The number of hydrogen-bond acceptors (Lipinski definition) is 3. The fraction of sp³-hybridized carbons (Fsp3) is 0.350. The van der Waals surface area contributed by atoms with E-state index >= 15 is 0 Å². The smallest absolute Gasteiger partial charge is 0.247 e. The highest BCUT2D eigenvalue weighted by Crippen LogP contribution is 2.29. The van der Waals surface area contributed by atoms with Crippen LogP contribution in [0.15, 0.2) is 54.6 Å². The molecule has 0 aliphatic carbocycles. The van der Waals surface area contributed by atoms with Crippen LogP contribution in [0.2, 0.25) is 0 Å². The summed E-state index contributed by atoms with van der Waals surface area (Å²) in [5, 5.41) is 0. The quantitative estimate of drug-likeness (QED) is 0.744. The largest absolute Gasteiger partial charge is 0.311 e. The lowest BCUT2D eigenvalue weighted by Gasteiger charge is -2.29. The number of amides is 1. The zero-order chi connectivity index (χ0) is 19.3. The Bertz CT molecular complexity index is 848. The number of rotatable bonds is 7. The Hall–Kier alpha value is -2.34. The van der Waals surface area contributed by atoms with Crippen molar-refractivity contribution in [2.75, 3.05) is 28.6 Å². The van der Waals surface area contributed by atoms with Crippen molar-refractivity contribution in [2.24, 2.45) is 0 Å². The van der Waals surface area contributed by atoms with E-state index in [0.29, 0.717) is 12.2 Å². The molecule has 0 spiro atoms. The highest BCUT2D eigenvalue weighted by Gasteiger charge is 2.26. The fourth-order valence-corrected chi connectivity index (χ4v) is 3.77. The van der Waals surface area contributed by atoms with Crippen molar-refractivity contribution in [3.8, 4) is 0 Å². The van der Waals surface area contributed by atoms with Gasteiger partial charge in [-0.2, -0.15) is 0 Å². The van der Waals surface area contributed by atoms with E-state index in [9.17, 15) is 13.2 Å². The Morgan fingerprint density at radius 3 is 2.12 bits per heavy atom. The summed E-state index contributed by atoms with van der Waals surface area (Å²) in [6.45, 7) is 6.11. The summed E-state index contributed by atoms with van der Waals surface area (Å²) >= 11 is 0. The van der Waals surface area contributed by atoms with E-state index in [2.05, 4.69) is 0 Å². The third kappa shape index (κ3) is 4.64. The molecule has 0 saturated heterocycles. The molecule has 2 rings (SSSR count). The lowest BCUT2D eigenvalue weighted by Crippen LogP contribution is -2.43. The van der Waals surface area contributed by atoms with E-state index < -0.39 is 10.0 Å². The number of hydrogen-bond donors (Lipinski definition) is 0. The minimum Gasteiger partial charge on any atom is -0.311 e. The molecule has 0 radical (unpaired) electrons. The van der Waals surface area contributed by atoms with Crippen molar-refractivity contribution in [1.29, 1.82) is 0 Å². The summed E-state index contributed by atoms with van der Waals surface area (Å²) < 4.78 is 26.1. The second kappa shape index (κ2) is 8.36. The molecule has 0 bridgehead atoms. The van der Waals surface area contributed by atoms with Crippen molar-refractivity contribution in [3.63, 3.8) is 0 Å². The highest BCUT2D eigenvalue weighted by molar-refractivity contribution is 7.92. The van der Waals surface area contributed by atoms with Gasteiger partial charge in [-0.15, -0.1) is 0 Å². The normalized spacial score (nSPS) is 11.4. The molecule has 26 heavy (non-hydrogen) atoms. The van der Waals surface area contributed by atoms with Gasteiger partial charge in [0.05, 0.1) is 11.9 Å². The molecular weight excluding hydrogens is 348 g/mol. The number of likely N-dealkylation sites (N-methyl/N-ethyl adjacent to an activating group) is 1. The fourth-order valence-electron chi connectivity index (χ4n) is 2.90. The van der Waals surface area contributed by atoms with Gasteiger partial charge in [0.2, 0.25) is 15.9 Å². The van der Waals surface area contributed by atoms with Crippen LogP contribution in [0.4, 0.5) is 11.4 Å². The Kier molecular flexibility index (Phi) is 6.42. The minimum absolute atomic E-state index is 0.141. The van der Waals surface area contributed by atoms with Crippen molar-refractivity contribution in [3.05, 3.63) is 60.2 Å². The molecule has 0 aliphatic heterocycles. The van der Waals surface area contributed by atoms with Gasteiger partial charge in [-0.1, -0.05) is 50.2 Å². The molecule has 1 amide bonds. The zero-order valence-corrected chi connectivity index (χ0v) is 16.5. The standard InChI is InChI=1S/C20H26N2O3S/c1-5-21(17-11-7-6-8-12-17)20(23)15-22(26(4,24)25)19-14-10-9-13-18(19)16(2)3/h6-14,16H,5,15H2,1-4H3. The summed E-state index contributed by atoms with van der Waals surface area (Å²) in [7, 11) is -3.61.